The van der Waals surface area contributed by atoms with Crippen LogP contribution < -0.4 is 11.1 Å². The van der Waals surface area contributed by atoms with Crippen molar-refractivity contribution in [1.29, 1.82) is 0 Å². The molecule has 1 rings (SSSR count). The zero-order valence-electron chi connectivity index (χ0n) is 12.1. The van der Waals surface area contributed by atoms with E-state index in [0.717, 1.165) is 0 Å². The van der Waals surface area contributed by atoms with Crippen molar-refractivity contribution in [3.63, 3.8) is 0 Å². The number of nitrogens with zero attached hydrogens (tertiary/aromatic N) is 1. The molecular formula is C13H23N3O4. The van der Waals surface area contributed by atoms with Crippen molar-refractivity contribution in [2.45, 2.75) is 45.2 Å². The van der Waals surface area contributed by atoms with Crippen LogP contribution in [0.25, 0.3) is 0 Å². The molecule has 7 heteroatoms. The molecule has 0 saturated carbocycles. The monoisotopic (exact) mass is 285 g/mol. The van der Waals surface area contributed by atoms with Gasteiger partial charge in [-0.05, 0) is 19.8 Å². The Morgan fingerprint density at radius 3 is 2.40 bits per heavy atom. The molecule has 1 unspecified atom stereocenters. The highest BCUT2D eigenvalue weighted by Gasteiger charge is 2.31. The molecule has 1 fully saturated rings. The summed E-state index contributed by atoms with van der Waals surface area (Å²) < 4.78 is 4.74. The molecule has 0 radical (unpaired) electrons. The van der Waals surface area contributed by atoms with E-state index in [2.05, 4.69) is 5.32 Å². The maximum absolute atomic E-state index is 12.0. The van der Waals surface area contributed by atoms with Gasteiger partial charge in [-0.1, -0.05) is 6.92 Å². The van der Waals surface area contributed by atoms with E-state index in [1.54, 1.807) is 18.7 Å². The normalized spacial score (nSPS) is 17.4. The van der Waals surface area contributed by atoms with Gasteiger partial charge < -0.3 is 20.7 Å². The molecule has 1 aliphatic rings. The Labute approximate surface area is 118 Å². The summed E-state index contributed by atoms with van der Waals surface area (Å²) in [6, 6.07) is -1.16. The zero-order chi connectivity index (χ0) is 15.1. The number of amides is 2. The third-order valence-electron chi connectivity index (χ3n) is 3.30. The molecule has 0 aromatic rings. The van der Waals surface area contributed by atoms with Gasteiger partial charge in [-0.3, -0.25) is 9.59 Å². The molecule has 0 aromatic carbocycles. The number of nitrogens with two attached hydrogens (primary N) is 1. The lowest BCUT2D eigenvalue weighted by molar-refractivity contribution is -0.151. The average Bonchev–Trinajstić information content (AvgIpc) is 2.46. The predicted octanol–water partition coefficient (Wildman–Crippen LogP) is -0.606. The minimum absolute atomic E-state index is 0.0120. The number of likely N-dealkylation sites (tertiary alicyclic amines) is 1. The highest BCUT2D eigenvalue weighted by atomic mass is 16.5. The van der Waals surface area contributed by atoms with Crippen molar-refractivity contribution < 1.29 is 19.1 Å². The van der Waals surface area contributed by atoms with E-state index >= 15 is 0 Å². The molecule has 3 N–H and O–H groups in total. The van der Waals surface area contributed by atoms with Crippen LogP contribution in [0.5, 0.6) is 0 Å². The maximum Gasteiger partial charge on any atom is 0.332 e. The summed E-state index contributed by atoms with van der Waals surface area (Å²) >= 11 is 0. The Hall–Kier alpha value is -1.63. The minimum atomic E-state index is -1.25. The van der Waals surface area contributed by atoms with E-state index in [1.807, 2.05) is 0 Å². The van der Waals surface area contributed by atoms with Gasteiger partial charge >= 0.3 is 5.97 Å². The number of rotatable bonds is 5. The van der Waals surface area contributed by atoms with Gasteiger partial charge in [-0.25, -0.2) is 4.79 Å². The highest BCUT2D eigenvalue weighted by Crippen LogP contribution is 2.11. The fourth-order valence-corrected chi connectivity index (χ4v) is 2.10. The third kappa shape index (κ3) is 4.48. The number of ether oxygens (including phenoxy) is 1. The number of esters is 1. The van der Waals surface area contributed by atoms with E-state index in [1.165, 1.54) is 0 Å². The molecule has 0 aliphatic carbocycles. The van der Waals surface area contributed by atoms with Crippen LogP contribution in [0.3, 0.4) is 0 Å². The molecule has 1 atom stereocenters. The van der Waals surface area contributed by atoms with E-state index in [9.17, 15) is 14.4 Å². The van der Waals surface area contributed by atoms with Gasteiger partial charge in [0.25, 0.3) is 5.91 Å². The molecule has 0 aromatic heterocycles. The summed E-state index contributed by atoms with van der Waals surface area (Å²) in [5.74, 6) is -1.10. The third-order valence-corrected chi connectivity index (χ3v) is 3.30. The lowest BCUT2D eigenvalue weighted by Crippen LogP contribution is -2.53. The molecule has 0 spiro atoms. The van der Waals surface area contributed by atoms with Crippen molar-refractivity contribution in [3.8, 4) is 0 Å². The molecular weight excluding hydrogens is 262 g/mol. The minimum Gasteiger partial charge on any atom is -0.464 e. The van der Waals surface area contributed by atoms with Gasteiger partial charge in [0.05, 0.1) is 6.61 Å². The number of hydrogen-bond donors (Lipinski definition) is 2. The first-order chi connectivity index (χ1) is 9.49. The van der Waals surface area contributed by atoms with Crippen molar-refractivity contribution in [1.82, 2.24) is 10.2 Å². The van der Waals surface area contributed by atoms with Gasteiger partial charge in [-0.2, -0.15) is 0 Å². The van der Waals surface area contributed by atoms with Crippen LogP contribution in [0.2, 0.25) is 0 Å². The molecule has 2 amide bonds. The summed E-state index contributed by atoms with van der Waals surface area (Å²) in [6.07, 6.45) is 1.80. The zero-order valence-corrected chi connectivity index (χ0v) is 12.1. The highest BCUT2D eigenvalue weighted by molar-refractivity contribution is 6.01. The summed E-state index contributed by atoms with van der Waals surface area (Å²) in [7, 11) is 0. The second kappa shape index (κ2) is 7.84. The fraction of sp³-hybridized carbons (Fsp3) is 0.769. The molecule has 114 valence electrons. The fourth-order valence-electron chi connectivity index (χ4n) is 2.10. The summed E-state index contributed by atoms with van der Waals surface area (Å²) in [5, 5.41) is 2.90. The predicted molar refractivity (Wildman–Crippen MR) is 72.6 cm³/mol. The number of carbonyl (C=O) groups excluding carboxylic acids is 3. The van der Waals surface area contributed by atoms with Crippen molar-refractivity contribution >= 4 is 17.8 Å². The van der Waals surface area contributed by atoms with E-state index in [0.29, 0.717) is 32.4 Å². The van der Waals surface area contributed by atoms with Gasteiger partial charge in [0, 0.05) is 25.6 Å². The van der Waals surface area contributed by atoms with Gasteiger partial charge in [0.1, 0.15) is 0 Å². The first kappa shape index (κ1) is 16.4. The van der Waals surface area contributed by atoms with Gasteiger partial charge in [0.15, 0.2) is 6.04 Å². The Balaban J connectivity index is 2.42. The van der Waals surface area contributed by atoms with Crippen LogP contribution in [0.4, 0.5) is 0 Å². The first-order valence-corrected chi connectivity index (χ1v) is 6.99. The topological polar surface area (TPSA) is 102 Å². The molecule has 1 heterocycles. The lowest BCUT2D eigenvalue weighted by Gasteiger charge is -2.33. The lowest BCUT2D eigenvalue weighted by atomic mass is 10.0. The second-order valence-electron chi connectivity index (χ2n) is 4.75. The van der Waals surface area contributed by atoms with Gasteiger partial charge in [-0.15, -0.1) is 0 Å². The second-order valence-corrected chi connectivity index (χ2v) is 4.75. The Kier molecular flexibility index (Phi) is 6.44. The SMILES string of the molecule is CCOC(=O)C(N)C(=O)N1CCC(NC(=O)CC)CC1. The van der Waals surface area contributed by atoms with Crippen LogP contribution in [-0.2, 0) is 19.1 Å². The number of piperidine rings is 1. The molecule has 1 saturated heterocycles. The van der Waals surface area contributed by atoms with Crippen molar-refractivity contribution in [2.75, 3.05) is 19.7 Å². The average molecular weight is 285 g/mol. The molecule has 7 nitrogen and oxygen atoms in total. The van der Waals surface area contributed by atoms with E-state index in [-0.39, 0.29) is 18.6 Å². The van der Waals surface area contributed by atoms with Crippen LogP contribution in [0, 0.1) is 0 Å². The summed E-state index contributed by atoms with van der Waals surface area (Å²) in [5.41, 5.74) is 5.58. The Bertz CT molecular complexity index is 365. The summed E-state index contributed by atoms with van der Waals surface area (Å²) in [6.45, 7) is 4.63. The smallest absolute Gasteiger partial charge is 0.332 e. The number of hydrogen-bond acceptors (Lipinski definition) is 5. The Morgan fingerprint density at radius 1 is 1.30 bits per heavy atom. The van der Waals surface area contributed by atoms with E-state index in [4.69, 9.17) is 10.5 Å². The van der Waals surface area contributed by atoms with Gasteiger partial charge in [0.2, 0.25) is 5.91 Å². The molecule has 20 heavy (non-hydrogen) atoms. The van der Waals surface area contributed by atoms with Crippen molar-refractivity contribution in [3.05, 3.63) is 0 Å². The number of nitrogens with one attached hydrogen (secondary N) is 1. The van der Waals surface area contributed by atoms with Crippen molar-refractivity contribution in [2.24, 2.45) is 5.73 Å². The van der Waals surface area contributed by atoms with E-state index < -0.39 is 17.9 Å². The standard InChI is InChI=1S/C13H23N3O4/c1-3-10(17)15-9-5-7-16(8-6-9)12(18)11(14)13(19)20-4-2/h9,11H,3-8,14H2,1-2H3,(H,15,17). The summed E-state index contributed by atoms with van der Waals surface area (Å²) in [4.78, 5) is 36.3. The van der Waals surface area contributed by atoms with Crippen LogP contribution >= 0.6 is 0 Å². The quantitative estimate of drug-likeness (QED) is 0.518. The largest absolute Gasteiger partial charge is 0.464 e. The van der Waals surface area contributed by atoms with Crippen LogP contribution in [0.15, 0.2) is 0 Å². The Morgan fingerprint density at radius 2 is 1.90 bits per heavy atom. The molecule has 1 aliphatic heterocycles. The maximum atomic E-state index is 12.0. The van der Waals surface area contributed by atoms with Crippen LogP contribution in [-0.4, -0.2) is 54.5 Å². The first-order valence-electron chi connectivity index (χ1n) is 6.99. The van der Waals surface area contributed by atoms with Crippen LogP contribution in [0.1, 0.15) is 33.1 Å². The molecule has 0 bridgehead atoms. The number of carbonyl (C=O) groups is 3.